The van der Waals surface area contributed by atoms with Crippen LogP contribution in [0.3, 0.4) is 0 Å². The average Bonchev–Trinajstić information content (AvgIpc) is 3.34. The largest absolute Gasteiger partial charge is 0.497 e. The number of halogens is 1. The number of fused-ring (bicyclic) bond motifs is 1. The average molecular weight is 447 g/mol. The number of amides is 2. The maximum absolute atomic E-state index is 13.9. The molecule has 0 saturated carbocycles. The lowest BCUT2D eigenvalue weighted by Gasteiger charge is -2.36. The van der Waals surface area contributed by atoms with E-state index in [-0.39, 0.29) is 11.7 Å². The zero-order valence-corrected chi connectivity index (χ0v) is 18.0. The molecule has 1 saturated heterocycles. The Morgan fingerprint density at radius 3 is 2.52 bits per heavy atom. The SMILES string of the molecule is COc1ccc(-c2cnc3ncnn3c2N2CCN(C(=O)Nc3ccccc3F)CC2)cc1. The molecule has 10 heteroatoms. The first-order valence-corrected chi connectivity index (χ1v) is 10.5. The Morgan fingerprint density at radius 2 is 1.79 bits per heavy atom. The van der Waals surface area contributed by atoms with E-state index in [1.54, 1.807) is 40.9 Å². The molecule has 5 rings (SSSR count). The normalized spacial score (nSPS) is 13.9. The van der Waals surface area contributed by atoms with E-state index < -0.39 is 5.82 Å². The molecule has 0 atom stereocenters. The number of carbonyl (C=O) groups is 1. The van der Waals surface area contributed by atoms with Crippen molar-refractivity contribution in [3.8, 4) is 16.9 Å². The lowest BCUT2D eigenvalue weighted by Crippen LogP contribution is -2.50. The van der Waals surface area contributed by atoms with Crippen molar-refractivity contribution in [1.82, 2.24) is 24.5 Å². The predicted molar refractivity (Wildman–Crippen MR) is 122 cm³/mol. The summed E-state index contributed by atoms with van der Waals surface area (Å²) in [4.78, 5) is 25.2. The van der Waals surface area contributed by atoms with Gasteiger partial charge in [-0.1, -0.05) is 24.3 Å². The molecular formula is C23H22FN7O2. The number of carbonyl (C=O) groups excluding carboxylic acids is 1. The monoisotopic (exact) mass is 447 g/mol. The number of para-hydroxylation sites is 1. The molecule has 0 spiro atoms. The summed E-state index contributed by atoms with van der Waals surface area (Å²) in [6.45, 7) is 2.10. The molecule has 168 valence electrons. The molecule has 2 aromatic heterocycles. The van der Waals surface area contributed by atoms with Crippen LogP contribution in [0.25, 0.3) is 16.9 Å². The molecule has 3 heterocycles. The Balaban J connectivity index is 1.38. The summed E-state index contributed by atoms with van der Waals surface area (Å²) >= 11 is 0. The molecule has 9 nitrogen and oxygen atoms in total. The quantitative estimate of drug-likeness (QED) is 0.517. The van der Waals surface area contributed by atoms with Crippen molar-refractivity contribution < 1.29 is 13.9 Å². The highest BCUT2D eigenvalue weighted by Gasteiger charge is 2.26. The van der Waals surface area contributed by atoms with Crippen molar-refractivity contribution in [1.29, 1.82) is 0 Å². The van der Waals surface area contributed by atoms with Gasteiger partial charge in [-0.3, -0.25) is 0 Å². The zero-order valence-electron chi connectivity index (χ0n) is 18.0. The van der Waals surface area contributed by atoms with Gasteiger partial charge in [0, 0.05) is 37.9 Å². The number of rotatable bonds is 4. The summed E-state index contributed by atoms with van der Waals surface area (Å²) in [7, 11) is 1.63. The summed E-state index contributed by atoms with van der Waals surface area (Å²) in [5, 5.41) is 7.03. The first-order valence-electron chi connectivity index (χ1n) is 10.5. The van der Waals surface area contributed by atoms with Crippen LogP contribution in [-0.2, 0) is 0 Å². The second-order valence-corrected chi connectivity index (χ2v) is 7.58. The Labute approximate surface area is 189 Å². The number of nitrogens with zero attached hydrogens (tertiary/aromatic N) is 6. The van der Waals surface area contributed by atoms with Gasteiger partial charge in [-0.2, -0.15) is 14.6 Å². The third-order valence-corrected chi connectivity index (χ3v) is 5.66. The van der Waals surface area contributed by atoms with E-state index in [2.05, 4.69) is 25.3 Å². The third kappa shape index (κ3) is 4.02. The molecule has 1 N–H and O–H groups in total. The van der Waals surface area contributed by atoms with E-state index in [4.69, 9.17) is 4.74 Å². The second-order valence-electron chi connectivity index (χ2n) is 7.58. The highest BCUT2D eigenvalue weighted by atomic mass is 19.1. The first-order chi connectivity index (χ1) is 16.1. The number of nitrogens with one attached hydrogen (secondary N) is 1. The van der Waals surface area contributed by atoms with Crippen LogP contribution in [0, 0.1) is 5.82 Å². The topological polar surface area (TPSA) is 87.9 Å². The number of anilines is 2. The summed E-state index contributed by atoms with van der Waals surface area (Å²) in [5.74, 6) is 1.67. The summed E-state index contributed by atoms with van der Waals surface area (Å²) in [6, 6.07) is 13.6. The van der Waals surface area contributed by atoms with Crippen molar-refractivity contribution in [2.24, 2.45) is 0 Å². The fourth-order valence-electron chi connectivity index (χ4n) is 3.92. The van der Waals surface area contributed by atoms with E-state index in [0.717, 1.165) is 22.7 Å². The number of hydrogen-bond acceptors (Lipinski definition) is 6. The van der Waals surface area contributed by atoms with Crippen LogP contribution < -0.4 is 15.0 Å². The van der Waals surface area contributed by atoms with E-state index in [0.29, 0.717) is 32.0 Å². The molecule has 33 heavy (non-hydrogen) atoms. The van der Waals surface area contributed by atoms with Crippen molar-refractivity contribution in [2.45, 2.75) is 0 Å². The van der Waals surface area contributed by atoms with Crippen molar-refractivity contribution in [3.63, 3.8) is 0 Å². The molecule has 1 fully saturated rings. The van der Waals surface area contributed by atoms with Gasteiger partial charge in [0.15, 0.2) is 0 Å². The zero-order chi connectivity index (χ0) is 22.8. The molecule has 4 aromatic rings. The minimum absolute atomic E-state index is 0.171. The van der Waals surface area contributed by atoms with Gasteiger partial charge in [0.25, 0.3) is 5.78 Å². The first kappa shape index (κ1) is 20.7. The summed E-state index contributed by atoms with van der Waals surface area (Å²) < 4.78 is 20.9. The lowest BCUT2D eigenvalue weighted by molar-refractivity contribution is 0.208. The number of aromatic nitrogens is 4. The Hall–Kier alpha value is -4.21. The maximum atomic E-state index is 13.9. The Morgan fingerprint density at radius 1 is 1.03 bits per heavy atom. The fraction of sp³-hybridized carbons (Fsp3) is 0.217. The van der Waals surface area contributed by atoms with Gasteiger partial charge < -0.3 is 19.9 Å². The van der Waals surface area contributed by atoms with Crippen LogP contribution in [0.2, 0.25) is 0 Å². The number of ether oxygens (including phenoxy) is 1. The number of urea groups is 1. The Kier molecular flexibility index (Phi) is 5.47. The van der Waals surface area contributed by atoms with E-state index in [9.17, 15) is 9.18 Å². The van der Waals surface area contributed by atoms with Gasteiger partial charge in [-0.25, -0.2) is 14.2 Å². The molecule has 1 aliphatic heterocycles. The highest BCUT2D eigenvalue weighted by Crippen LogP contribution is 2.32. The minimum Gasteiger partial charge on any atom is -0.497 e. The summed E-state index contributed by atoms with van der Waals surface area (Å²) in [6.07, 6.45) is 3.26. The molecule has 2 aromatic carbocycles. The predicted octanol–water partition coefficient (Wildman–Crippen LogP) is 3.29. The van der Waals surface area contributed by atoms with Crippen LogP contribution in [0.4, 0.5) is 20.7 Å². The molecule has 0 bridgehead atoms. The Bertz CT molecular complexity index is 1280. The summed E-state index contributed by atoms with van der Waals surface area (Å²) in [5.41, 5.74) is 2.04. The molecule has 0 unspecified atom stereocenters. The van der Waals surface area contributed by atoms with Gasteiger partial charge in [0.2, 0.25) is 0 Å². The van der Waals surface area contributed by atoms with Gasteiger partial charge in [0.1, 0.15) is 23.7 Å². The van der Waals surface area contributed by atoms with Gasteiger partial charge in [0.05, 0.1) is 12.8 Å². The standard InChI is InChI=1S/C23H22FN7O2/c1-33-17-8-6-16(7-9-17)18-14-25-22-26-15-27-31(22)21(18)29-10-12-30(13-11-29)23(32)28-20-5-3-2-4-19(20)24/h2-9,14-15H,10-13H2,1H3,(H,28,32). The number of hydrogen-bond donors (Lipinski definition) is 1. The molecule has 1 aliphatic rings. The fourth-order valence-corrected chi connectivity index (χ4v) is 3.92. The number of benzene rings is 2. The van der Waals surface area contributed by atoms with Crippen LogP contribution in [0.1, 0.15) is 0 Å². The van der Waals surface area contributed by atoms with E-state index in [1.807, 2.05) is 24.3 Å². The highest BCUT2D eigenvalue weighted by molar-refractivity contribution is 5.89. The van der Waals surface area contributed by atoms with Crippen LogP contribution in [-0.4, -0.2) is 63.8 Å². The third-order valence-electron chi connectivity index (χ3n) is 5.66. The van der Waals surface area contributed by atoms with Crippen LogP contribution in [0.5, 0.6) is 5.75 Å². The minimum atomic E-state index is -0.459. The second kappa shape index (κ2) is 8.73. The van der Waals surface area contributed by atoms with Crippen molar-refractivity contribution in [3.05, 3.63) is 66.9 Å². The number of methoxy groups -OCH3 is 1. The molecule has 2 amide bonds. The number of piperazine rings is 1. The van der Waals surface area contributed by atoms with Crippen LogP contribution in [0.15, 0.2) is 61.1 Å². The smallest absolute Gasteiger partial charge is 0.322 e. The van der Waals surface area contributed by atoms with Crippen LogP contribution >= 0.6 is 0 Å². The molecule has 0 aliphatic carbocycles. The molecule has 0 radical (unpaired) electrons. The maximum Gasteiger partial charge on any atom is 0.322 e. The lowest BCUT2D eigenvalue weighted by atomic mass is 10.1. The van der Waals surface area contributed by atoms with Crippen molar-refractivity contribution in [2.75, 3.05) is 43.5 Å². The van der Waals surface area contributed by atoms with Crippen molar-refractivity contribution >= 4 is 23.3 Å². The van der Waals surface area contributed by atoms with E-state index in [1.165, 1.54) is 12.4 Å². The molecular weight excluding hydrogens is 425 g/mol. The van der Waals surface area contributed by atoms with Gasteiger partial charge in [-0.05, 0) is 29.8 Å². The van der Waals surface area contributed by atoms with Gasteiger partial charge in [-0.15, -0.1) is 0 Å². The van der Waals surface area contributed by atoms with E-state index >= 15 is 0 Å². The van der Waals surface area contributed by atoms with Gasteiger partial charge >= 0.3 is 6.03 Å².